The average Bonchev–Trinajstić information content (AvgIpc) is 2.66. The lowest BCUT2D eigenvalue weighted by Crippen LogP contribution is -2.40. The van der Waals surface area contributed by atoms with Gasteiger partial charge in [-0.2, -0.15) is 0 Å². The summed E-state index contributed by atoms with van der Waals surface area (Å²) >= 11 is 0. The molecule has 0 unspecified atom stereocenters. The van der Waals surface area contributed by atoms with E-state index in [0.29, 0.717) is 12.6 Å². The number of imidazole rings is 1. The summed E-state index contributed by atoms with van der Waals surface area (Å²) < 4.78 is 2.41. The Morgan fingerprint density at radius 1 is 1.32 bits per heavy atom. The monoisotopic (exact) mass is 306 g/mol. The number of nitrogens with zero attached hydrogens (tertiary/aromatic N) is 2. The molecule has 5 heteroatoms. The lowest BCUT2D eigenvalue weighted by atomic mass is 10.1. The number of aryl methyl sites for hydroxylation is 1. The van der Waals surface area contributed by atoms with Gasteiger partial charge in [0.2, 0.25) is 0 Å². The van der Waals surface area contributed by atoms with Gasteiger partial charge in [-0.3, -0.25) is 0 Å². The van der Waals surface area contributed by atoms with Crippen LogP contribution in [0.1, 0.15) is 69.9 Å². The van der Waals surface area contributed by atoms with Crippen molar-refractivity contribution in [3.63, 3.8) is 0 Å². The fraction of sp³-hybridized carbons (Fsp3) is 0.765. The number of amides is 2. The summed E-state index contributed by atoms with van der Waals surface area (Å²) in [6.07, 6.45) is 10.6. The van der Waals surface area contributed by atoms with Gasteiger partial charge < -0.3 is 15.2 Å². The number of nitrogens with one attached hydrogen (secondary N) is 2. The Bertz CT molecular complexity index is 473. The summed E-state index contributed by atoms with van der Waals surface area (Å²) in [5.41, 5.74) is 1.24. The average molecular weight is 306 g/mol. The van der Waals surface area contributed by atoms with Crippen molar-refractivity contribution in [2.45, 2.75) is 77.8 Å². The second-order valence-electron chi connectivity index (χ2n) is 6.64. The maximum absolute atomic E-state index is 11.6. The maximum atomic E-state index is 11.6. The van der Waals surface area contributed by atoms with E-state index in [4.69, 9.17) is 0 Å². The highest BCUT2D eigenvalue weighted by molar-refractivity contribution is 5.74. The van der Waals surface area contributed by atoms with E-state index in [1.54, 1.807) is 0 Å². The molecule has 1 aliphatic carbocycles. The summed E-state index contributed by atoms with van der Waals surface area (Å²) in [6, 6.07) is 0.652. The molecule has 22 heavy (non-hydrogen) atoms. The molecule has 0 aliphatic heterocycles. The van der Waals surface area contributed by atoms with Crippen LogP contribution in [0.2, 0.25) is 0 Å². The molecule has 0 bridgehead atoms. The van der Waals surface area contributed by atoms with Crippen LogP contribution in [0.15, 0.2) is 6.20 Å². The van der Waals surface area contributed by atoms with Crippen molar-refractivity contribution in [2.75, 3.05) is 6.54 Å². The smallest absolute Gasteiger partial charge is 0.314 e. The molecule has 0 radical (unpaired) electrons. The van der Waals surface area contributed by atoms with Gasteiger partial charge in [0.1, 0.15) is 5.82 Å². The highest BCUT2D eigenvalue weighted by atomic mass is 16.2. The van der Waals surface area contributed by atoms with Gasteiger partial charge >= 0.3 is 6.03 Å². The predicted octanol–water partition coefficient (Wildman–Crippen LogP) is 3.34. The van der Waals surface area contributed by atoms with E-state index in [-0.39, 0.29) is 12.1 Å². The lowest BCUT2D eigenvalue weighted by Gasteiger charge is -2.21. The Hall–Kier alpha value is -1.52. The van der Waals surface area contributed by atoms with Crippen LogP contribution < -0.4 is 10.6 Å². The normalized spacial score (nSPS) is 16.5. The minimum atomic E-state index is -0.0979. The minimum Gasteiger partial charge on any atom is -0.338 e. The first kappa shape index (κ1) is 16.8. The molecule has 1 aromatic heterocycles. The van der Waals surface area contributed by atoms with Crippen molar-refractivity contribution in [3.8, 4) is 0 Å². The van der Waals surface area contributed by atoms with E-state index in [1.165, 1.54) is 44.2 Å². The molecule has 2 N–H and O–H groups in total. The number of aromatic nitrogens is 2. The molecule has 1 heterocycles. The zero-order valence-corrected chi connectivity index (χ0v) is 14.2. The summed E-state index contributed by atoms with van der Waals surface area (Å²) in [6.45, 7) is 6.69. The highest BCUT2D eigenvalue weighted by Gasteiger charge is 2.19. The molecule has 1 fully saturated rings. The van der Waals surface area contributed by atoms with E-state index in [2.05, 4.69) is 27.1 Å². The van der Waals surface area contributed by atoms with Crippen molar-refractivity contribution in [3.05, 3.63) is 17.7 Å². The third-order valence-electron chi connectivity index (χ3n) is 4.30. The van der Waals surface area contributed by atoms with E-state index in [9.17, 15) is 4.79 Å². The van der Waals surface area contributed by atoms with Gasteiger partial charge in [-0.15, -0.1) is 0 Å². The van der Waals surface area contributed by atoms with Crippen LogP contribution >= 0.6 is 0 Å². The first-order chi connectivity index (χ1) is 10.6. The van der Waals surface area contributed by atoms with Crippen LogP contribution in [-0.2, 0) is 6.42 Å². The van der Waals surface area contributed by atoms with Crippen molar-refractivity contribution in [2.24, 2.45) is 0 Å². The van der Waals surface area contributed by atoms with E-state index in [1.807, 2.05) is 20.0 Å². The fourth-order valence-corrected chi connectivity index (χ4v) is 3.30. The lowest BCUT2D eigenvalue weighted by molar-refractivity contribution is 0.238. The molecular weight excluding hydrogens is 276 g/mol. The molecular formula is C17H30N4O. The Balaban J connectivity index is 1.92. The number of carbonyl (C=O) groups is 1. The Morgan fingerprint density at radius 3 is 2.64 bits per heavy atom. The number of rotatable bonds is 5. The first-order valence-electron chi connectivity index (χ1n) is 8.65. The largest absolute Gasteiger partial charge is 0.338 e. The van der Waals surface area contributed by atoms with Crippen LogP contribution in [0, 0.1) is 6.92 Å². The Labute approximate surface area is 133 Å². The molecule has 124 valence electrons. The quantitative estimate of drug-likeness (QED) is 0.820. The third-order valence-corrected chi connectivity index (χ3v) is 4.30. The number of urea groups is 1. The molecule has 0 saturated heterocycles. The van der Waals surface area contributed by atoms with E-state index >= 15 is 0 Å². The zero-order valence-electron chi connectivity index (χ0n) is 14.2. The molecule has 0 aromatic carbocycles. The fourth-order valence-electron chi connectivity index (χ4n) is 3.30. The topological polar surface area (TPSA) is 59.0 Å². The second kappa shape index (κ2) is 8.20. The molecule has 0 atom stereocenters. The third kappa shape index (κ3) is 4.75. The van der Waals surface area contributed by atoms with Crippen LogP contribution in [0.25, 0.3) is 0 Å². The number of hydrogen-bond donors (Lipinski definition) is 2. The number of carbonyl (C=O) groups excluding carboxylic acids is 1. The van der Waals surface area contributed by atoms with Gasteiger partial charge in [0.25, 0.3) is 0 Å². The van der Waals surface area contributed by atoms with Crippen molar-refractivity contribution in [1.29, 1.82) is 0 Å². The first-order valence-corrected chi connectivity index (χ1v) is 8.65. The standard InChI is InChI=1S/C17H30N4O/c1-13(2)20-17(22)18-11-10-16-19-12-14(3)21(16)15-8-6-4-5-7-9-15/h12-13,15H,4-11H2,1-3H3,(H2,18,20,22). The van der Waals surface area contributed by atoms with Gasteiger partial charge in [-0.1, -0.05) is 25.7 Å². The van der Waals surface area contributed by atoms with Crippen LogP contribution in [0.3, 0.4) is 0 Å². The Kier molecular flexibility index (Phi) is 6.28. The van der Waals surface area contributed by atoms with Gasteiger partial charge in [0, 0.05) is 36.9 Å². The second-order valence-corrected chi connectivity index (χ2v) is 6.64. The predicted molar refractivity (Wildman–Crippen MR) is 89.1 cm³/mol. The molecule has 1 saturated carbocycles. The van der Waals surface area contributed by atoms with Crippen LogP contribution in [0.5, 0.6) is 0 Å². The van der Waals surface area contributed by atoms with E-state index < -0.39 is 0 Å². The van der Waals surface area contributed by atoms with Gasteiger partial charge in [-0.25, -0.2) is 9.78 Å². The van der Waals surface area contributed by atoms with Crippen molar-refractivity contribution < 1.29 is 4.79 Å². The minimum absolute atomic E-state index is 0.0979. The summed E-state index contributed by atoms with van der Waals surface area (Å²) in [7, 11) is 0. The number of hydrogen-bond acceptors (Lipinski definition) is 2. The van der Waals surface area contributed by atoms with Gasteiger partial charge in [0.15, 0.2) is 0 Å². The molecule has 1 aromatic rings. The van der Waals surface area contributed by atoms with Crippen LogP contribution in [0.4, 0.5) is 4.79 Å². The van der Waals surface area contributed by atoms with Gasteiger partial charge in [0.05, 0.1) is 0 Å². The molecule has 5 nitrogen and oxygen atoms in total. The van der Waals surface area contributed by atoms with E-state index in [0.717, 1.165) is 12.2 Å². The molecule has 1 aliphatic rings. The molecule has 0 spiro atoms. The zero-order chi connectivity index (χ0) is 15.9. The maximum Gasteiger partial charge on any atom is 0.314 e. The van der Waals surface area contributed by atoms with Gasteiger partial charge in [-0.05, 0) is 33.6 Å². The summed E-state index contributed by atoms with van der Waals surface area (Å²) in [5.74, 6) is 1.11. The Morgan fingerprint density at radius 2 is 2.00 bits per heavy atom. The molecule has 2 amide bonds. The highest BCUT2D eigenvalue weighted by Crippen LogP contribution is 2.29. The van der Waals surface area contributed by atoms with Crippen molar-refractivity contribution >= 4 is 6.03 Å². The van der Waals surface area contributed by atoms with Crippen molar-refractivity contribution in [1.82, 2.24) is 20.2 Å². The SMILES string of the molecule is Cc1cnc(CCNC(=O)NC(C)C)n1C1CCCCCC1. The molecule has 2 rings (SSSR count). The summed E-state index contributed by atoms with van der Waals surface area (Å²) in [5, 5.41) is 5.75. The van der Waals surface area contributed by atoms with Crippen LogP contribution in [-0.4, -0.2) is 28.2 Å². The summed E-state index contributed by atoms with van der Waals surface area (Å²) in [4.78, 5) is 16.2.